The fourth-order valence-electron chi connectivity index (χ4n) is 2.70. The number of piperidine rings is 1. The number of benzene rings is 1. The molecule has 1 unspecified atom stereocenters. The lowest BCUT2D eigenvalue weighted by atomic mass is 9.94. The van der Waals surface area contributed by atoms with E-state index in [9.17, 15) is 13.6 Å². The Morgan fingerprint density at radius 1 is 1.33 bits per heavy atom. The van der Waals surface area contributed by atoms with Crippen molar-refractivity contribution in [2.75, 3.05) is 19.6 Å². The Kier molecular flexibility index (Phi) is 7.05. The second-order valence-electron chi connectivity index (χ2n) is 5.35. The summed E-state index contributed by atoms with van der Waals surface area (Å²) in [6.45, 7) is 2.10. The molecule has 0 aliphatic carbocycles. The van der Waals surface area contributed by atoms with Crippen molar-refractivity contribution >= 4 is 18.3 Å². The second kappa shape index (κ2) is 8.29. The Hall–Kier alpha value is -1.20. The molecule has 1 aliphatic rings. The number of nitrogens with two attached hydrogens (primary N) is 1. The average molecular weight is 319 g/mol. The van der Waals surface area contributed by atoms with Crippen molar-refractivity contribution in [3.8, 4) is 0 Å². The first-order chi connectivity index (χ1) is 9.60. The Balaban J connectivity index is 0.00000220. The maximum absolute atomic E-state index is 13.1. The molecule has 1 aliphatic heterocycles. The third-order valence-electron chi connectivity index (χ3n) is 3.79. The Morgan fingerprint density at radius 2 is 2.10 bits per heavy atom. The van der Waals surface area contributed by atoms with E-state index in [1.807, 2.05) is 4.90 Å². The number of hydrogen-bond donors (Lipinski definition) is 1. The maximum Gasteiger partial charge on any atom is 0.227 e. The quantitative estimate of drug-likeness (QED) is 0.927. The van der Waals surface area contributed by atoms with Crippen molar-refractivity contribution in [3.63, 3.8) is 0 Å². The van der Waals surface area contributed by atoms with Crippen molar-refractivity contribution < 1.29 is 13.6 Å². The summed E-state index contributed by atoms with van der Waals surface area (Å²) in [7, 11) is 0. The van der Waals surface area contributed by atoms with Gasteiger partial charge < -0.3 is 10.6 Å². The van der Waals surface area contributed by atoms with Gasteiger partial charge in [0.25, 0.3) is 0 Å². The highest BCUT2D eigenvalue weighted by atomic mass is 35.5. The van der Waals surface area contributed by atoms with Gasteiger partial charge in [0.1, 0.15) is 0 Å². The molecular formula is C15H21ClF2N2O. The molecule has 2 rings (SSSR count). The van der Waals surface area contributed by atoms with Gasteiger partial charge in [-0.25, -0.2) is 8.78 Å². The summed E-state index contributed by atoms with van der Waals surface area (Å²) in [5.41, 5.74) is 6.06. The van der Waals surface area contributed by atoms with Crippen LogP contribution in [0.3, 0.4) is 0 Å². The van der Waals surface area contributed by atoms with Crippen molar-refractivity contribution in [1.82, 2.24) is 4.90 Å². The summed E-state index contributed by atoms with van der Waals surface area (Å²) in [6.07, 6.45) is 3.13. The van der Waals surface area contributed by atoms with Gasteiger partial charge >= 0.3 is 0 Å². The molecule has 6 heteroatoms. The smallest absolute Gasteiger partial charge is 0.227 e. The number of amides is 1. The molecule has 0 radical (unpaired) electrons. The minimum absolute atomic E-state index is 0. The number of halogens is 3. The zero-order valence-electron chi connectivity index (χ0n) is 11.9. The van der Waals surface area contributed by atoms with Gasteiger partial charge in [0, 0.05) is 13.1 Å². The lowest BCUT2D eigenvalue weighted by molar-refractivity contribution is -0.132. The van der Waals surface area contributed by atoms with Crippen molar-refractivity contribution in [3.05, 3.63) is 35.4 Å². The summed E-state index contributed by atoms with van der Waals surface area (Å²) < 4.78 is 26.0. The molecule has 1 atom stereocenters. The fourth-order valence-corrected chi connectivity index (χ4v) is 2.70. The highest BCUT2D eigenvalue weighted by molar-refractivity contribution is 5.85. The lowest BCUT2D eigenvalue weighted by Crippen LogP contribution is -2.41. The average Bonchev–Trinajstić information content (AvgIpc) is 2.43. The molecule has 0 saturated carbocycles. The number of carbonyl (C=O) groups is 1. The normalized spacial score (nSPS) is 18.2. The van der Waals surface area contributed by atoms with E-state index in [1.54, 1.807) is 0 Å². The van der Waals surface area contributed by atoms with Gasteiger partial charge in [-0.15, -0.1) is 12.4 Å². The van der Waals surface area contributed by atoms with Crippen LogP contribution in [-0.2, 0) is 11.2 Å². The van der Waals surface area contributed by atoms with Crippen LogP contribution in [0.25, 0.3) is 0 Å². The van der Waals surface area contributed by atoms with E-state index >= 15 is 0 Å². The number of rotatable bonds is 4. The molecule has 1 saturated heterocycles. The first kappa shape index (κ1) is 17.9. The van der Waals surface area contributed by atoms with E-state index in [1.165, 1.54) is 6.07 Å². The zero-order valence-corrected chi connectivity index (χ0v) is 12.7. The van der Waals surface area contributed by atoms with E-state index in [0.29, 0.717) is 18.0 Å². The van der Waals surface area contributed by atoms with Crippen LogP contribution in [0, 0.1) is 17.6 Å². The van der Waals surface area contributed by atoms with Crippen molar-refractivity contribution in [2.45, 2.75) is 25.7 Å². The molecule has 0 bridgehead atoms. The molecule has 2 N–H and O–H groups in total. The maximum atomic E-state index is 13.1. The minimum Gasteiger partial charge on any atom is -0.342 e. The number of likely N-dealkylation sites (tertiary alicyclic amines) is 1. The van der Waals surface area contributed by atoms with Crippen LogP contribution >= 0.6 is 12.4 Å². The lowest BCUT2D eigenvalue weighted by Gasteiger charge is -2.32. The van der Waals surface area contributed by atoms with Gasteiger partial charge in [-0.1, -0.05) is 6.07 Å². The summed E-state index contributed by atoms with van der Waals surface area (Å²) in [6, 6.07) is 3.61. The molecule has 3 nitrogen and oxygen atoms in total. The molecular weight excluding hydrogens is 298 g/mol. The minimum atomic E-state index is -0.907. The highest BCUT2D eigenvalue weighted by Gasteiger charge is 2.23. The van der Waals surface area contributed by atoms with Gasteiger partial charge in [-0.2, -0.15) is 0 Å². The van der Waals surface area contributed by atoms with Gasteiger partial charge in [0.05, 0.1) is 6.42 Å². The molecule has 0 aromatic heterocycles. The molecule has 21 heavy (non-hydrogen) atoms. The number of nitrogens with zero attached hydrogens (tertiary/aromatic N) is 1. The van der Waals surface area contributed by atoms with Crippen LogP contribution in [-0.4, -0.2) is 30.4 Å². The molecule has 1 amide bonds. The van der Waals surface area contributed by atoms with E-state index in [2.05, 4.69) is 0 Å². The van der Waals surface area contributed by atoms with Crippen molar-refractivity contribution in [2.24, 2.45) is 11.7 Å². The van der Waals surface area contributed by atoms with E-state index in [0.717, 1.165) is 44.5 Å². The number of carbonyl (C=O) groups excluding carboxylic acids is 1. The van der Waals surface area contributed by atoms with Crippen LogP contribution in [0.1, 0.15) is 24.8 Å². The predicted molar refractivity (Wildman–Crippen MR) is 80.3 cm³/mol. The first-order valence-corrected chi connectivity index (χ1v) is 7.02. The van der Waals surface area contributed by atoms with Crippen LogP contribution in [0.4, 0.5) is 8.78 Å². The van der Waals surface area contributed by atoms with Gasteiger partial charge in [-0.3, -0.25) is 4.79 Å². The zero-order chi connectivity index (χ0) is 14.5. The Labute approximate surface area is 129 Å². The Bertz CT molecular complexity index is 483. The van der Waals surface area contributed by atoms with Crippen LogP contribution < -0.4 is 5.73 Å². The summed E-state index contributed by atoms with van der Waals surface area (Å²) in [4.78, 5) is 14.0. The topological polar surface area (TPSA) is 46.3 Å². The molecule has 1 fully saturated rings. The monoisotopic (exact) mass is 318 g/mol. The summed E-state index contributed by atoms with van der Waals surface area (Å²) >= 11 is 0. The highest BCUT2D eigenvalue weighted by Crippen LogP contribution is 2.20. The number of hydrogen-bond acceptors (Lipinski definition) is 2. The van der Waals surface area contributed by atoms with Gasteiger partial charge in [0.15, 0.2) is 11.6 Å². The van der Waals surface area contributed by atoms with E-state index in [-0.39, 0.29) is 24.7 Å². The van der Waals surface area contributed by atoms with Crippen LogP contribution in [0.15, 0.2) is 18.2 Å². The van der Waals surface area contributed by atoms with E-state index < -0.39 is 11.6 Å². The van der Waals surface area contributed by atoms with Gasteiger partial charge in [-0.05, 0) is 49.4 Å². The van der Waals surface area contributed by atoms with Crippen LogP contribution in [0.2, 0.25) is 0 Å². The second-order valence-corrected chi connectivity index (χ2v) is 5.35. The van der Waals surface area contributed by atoms with Crippen LogP contribution in [0.5, 0.6) is 0 Å². The Morgan fingerprint density at radius 3 is 2.76 bits per heavy atom. The summed E-state index contributed by atoms with van der Waals surface area (Å²) in [5, 5.41) is 0. The SMILES string of the molecule is Cl.NCCC1CCCN(C(=O)Cc2ccc(F)c(F)c2)C1. The fraction of sp³-hybridized carbons (Fsp3) is 0.533. The molecule has 118 valence electrons. The summed E-state index contributed by atoms with van der Waals surface area (Å²) in [5.74, 6) is -1.36. The van der Waals surface area contributed by atoms with Crippen molar-refractivity contribution in [1.29, 1.82) is 0 Å². The molecule has 0 spiro atoms. The third-order valence-corrected chi connectivity index (χ3v) is 3.79. The molecule has 1 heterocycles. The molecule has 1 aromatic carbocycles. The standard InChI is InChI=1S/C15H20F2N2O.ClH/c16-13-4-3-12(8-14(13)17)9-15(20)19-7-1-2-11(10-19)5-6-18;/h3-4,8,11H,1-2,5-7,9-10,18H2;1H. The third kappa shape index (κ3) is 4.93. The molecule has 1 aromatic rings. The first-order valence-electron chi connectivity index (χ1n) is 7.02. The predicted octanol–water partition coefficient (Wildman–Crippen LogP) is 2.52. The van der Waals surface area contributed by atoms with E-state index in [4.69, 9.17) is 5.73 Å². The van der Waals surface area contributed by atoms with Gasteiger partial charge in [0.2, 0.25) is 5.91 Å². The largest absolute Gasteiger partial charge is 0.342 e.